The van der Waals surface area contributed by atoms with Crippen LogP contribution >= 0.6 is 0 Å². The van der Waals surface area contributed by atoms with Crippen LogP contribution in [0.3, 0.4) is 0 Å². The van der Waals surface area contributed by atoms with Crippen molar-refractivity contribution >= 4 is 5.91 Å². The Kier molecular flexibility index (Phi) is 8.87. The first-order valence-corrected chi connectivity index (χ1v) is 7.71. The number of carbonyl (C=O) groups excluding carboxylic acids is 1. The predicted molar refractivity (Wildman–Crippen MR) is 82.9 cm³/mol. The van der Waals surface area contributed by atoms with Crippen molar-refractivity contribution in [3.05, 3.63) is 17.5 Å². The number of aromatic nitrogens is 2. The molecule has 0 unspecified atom stereocenters. The molecule has 0 spiro atoms. The van der Waals surface area contributed by atoms with Gasteiger partial charge >= 0.3 is 6.18 Å². The first kappa shape index (κ1) is 21.4. The van der Waals surface area contributed by atoms with Crippen LogP contribution in [0.1, 0.15) is 11.4 Å². The van der Waals surface area contributed by atoms with Gasteiger partial charge in [0.15, 0.2) is 0 Å². The molecule has 7 nitrogen and oxygen atoms in total. The van der Waals surface area contributed by atoms with Gasteiger partial charge in [-0.25, -0.2) is 0 Å². The molecule has 0 aliphatic rings. The zero-order valence-corrected chi connectivity index (χ0v) is 14.6. The summed E-state index contributed by atoms with van der Waals surface area (Å²) in [6, 6.07) is 1.64. The highest BCUT2D eigenvalue weighted by molar-refractivity contribution is 5.77. The van der Waals surface area contributed by atoms with E-state index < -0.39 is 25.2 Å². The van der Waals surface area contributed by atoms with E-state index in [1.165, 1.54) is 11.8 Å². The van der Waals surface area contributed by atoms with Crippen LogP contribution in [0.2, 0.25) is 0 Å². The fourth-order valence-electron chi connectivity index (χ4n) is 2.07. The van der Waals surface area contributed by atoms with E-state index in [1.54, 1.807) is 20.0 Å². The van der Waals surface area contributed by atoms with Gasteiger partial charge < -0.3 is 19.1 Å². The van der Waals surface area contributed by atoms with Crippen LogP contribution in [-0.2, 0) is 32.6 Å². The first-order chi connectivity index (χ1) is 11.7. The molecule has 0 N–H and O–H groups in total. The van der Waals surface area contributed by atoms with Crippen LogP contribution in [0.4, 0.5) is 13.2 Å². The van der Waals surface area contributed by atoms with E-state index in [0.717, 1.165) is 0 Å². The van der Waals surface area contributed by atoms with E-state index in [2.05, 4.69) is 5.10 Å². The summed E-state index contributed by atoms with van der Waals surface area (Å²) in [7, 11) is 3.16. The highest BCUT2D eigenvalue weighted by Crippen LogP contribution is 2.18. The van der Waals surface area contributed by atoms with Gasteiger partial charge in [-0.15, -0.1) is 0 Å². The molecule has 0 bridgehead atoms. The second-order valence-electron chi connectivity index (χ2n) is 5.42. The Morgan fingerprint density at radius 2 is 1.88 bits per heavy atom. The van der Waals surface area contributed by atoms with E-state index in [1.807, 2.05) is 0 Å². The molecule has 0 atom stereocenters. The molecular formula is C15H24F3N3O4. The summed E-state index contributed by atoms with van der Waals surface area (Å²) in [5.41, 5.74) is 1.18. The minimum Gasteiger partial charge on any atom is -0.382 e. The van der Waals surface area contributed by atoms with Crippen molar-refractivity contribution in [2.45, 2.75) is 19.6 Å². The lowest BCUT2D eigenvalue weighted by atomic mass is 10.3. The zero-order chi connectivity index (χ0) is 18.9. The van der Waals surface area contributed by atoms with Gasteiger partial charge in [-0.05, 0) is 13.0 Å². The van der Waals surface area contributed by atoms with Crippen molar-refractivity contribution in [1.29, 1.82) is 0 Å². The van der Waals surface area contributed by atoms with Gasteiger partial charge in [0.05, 0.1) is 44.4 Å². The fraction of sp³-hybridized carbons (Fsp3) is 0.733. The monoisotopic (exact) mass is 367 g/mol. The van der Waals surface area contributed by atoms with E-state index in [0.29, 0.717) is 29.5 Å². The minimum atomic E-state index is -4.49. The Balaban J connectivity index is 2.51. The molecule has 25 heavy (non-hydrogen) atoms. The van der Waals surface area contributed by atoms with Gasteiger partial charge in [-0.3, -0.25) is 9.48 Å². The van der Waals surface area contributed by atoms with Gasteiger partial charge in [0, 0.05) is 14.2 Å². The molecule has 0 aliphatic heterocycles. The van der Waals surface area contributed by atoms with Crippen molar-refractivity contribution in [2.75, 3.05) is 46.7 Å². The third-order valence-electron chi connectivity index (χ3n) is 3.20. The molecular weight excluding hydrogens is 343 g/mol. The second kappa shape index (κ2) is 10.4. The number of ether oxygens (including phenoxy) is 3. The SMILES string of the molecule is COCCOCCOCC(=O)N(Cc1cc(C)nn1C)CC(F)(F)F. The molecule has 0 fully saturated rings. The molecule has 1 aromatic heterocycles. The zero-order valence-electron chi connectivity index (χ0n) is 14.6. The smallest absolute Gasteiger partial charge is 0.382 e. The number of alkyl halides is 3. The molecule has 0 saturated carbocycles. The van der Waals surface area contributed by atoms with E-state index in [-0.39, 0.29) is 19.8 Å². The summed E-state index contributed by atoms with van der Waals surface area (Å²) in [5, 5.41) is 4.07. The molecule has 1 amide bonds. The molecule has 10 heteroatoms. The Morgan fingerprint density at radius 1 is 1.24 bits per heavy atom. The van der Waals surface area contributed by atoms with E-state index >= 15 is 0 Å². The lowest BCUT2D eigenvalue weighted by molar-refractivity contribution is -0.165. The average Bonchev–Trinajstić information content (AvgIpc) is 2.82. The minimum absolute atomic E-state index is 0.111. The molecule has 1 aromatic rings. The highest BCUT2D eigenvalue weighted by Gasteiger charge is 2.33. The van der Waals surface area contributed by atoms with Crippen LogP contribution in [-0.4, -0.2) is 73.5 Å². The Morgan fingerprint density at radius 3 is 2.44 bits per heavy atom. The largest absolute Gasteiger partial charge is 0.406 e. The second-order valence-corrected chi connectivity index (χ2v) is 5.42. The summed E-state index contributed by atoms with van der Waals surface area (Å²) >= 11 is 0. The third-order valence-corrected chi connectivity index (χ3v) is 3.20. The highest BCUT2D eigenvalue weighted by atomic mass is 19.4. The number of carbonyl (C=O) groups is 1. The van der Waals surface area contributed by atoms with E-state index in [9.17, 15) is 18.0 Å². The van der Waals surface area contributed by atoms with Gasteiger partial charge in [0.1, 0.15) is 13.2 Å². The molecule has 1 rings (SSSR count). The number of hydrogen-bond acceptors (Lipinski definition) is 5. The number of nitrogens with zero attached hydrogens (tertiary/aromatic N) is 3. The molecule has 0 aromatic carbocycles. The fourth-order valence-corrected chi connectivity index (χ4v) is 2.07. The summed E-state index contributed by atoms with van der Waals surface area (Å²) in [6.45, 7) is 0.910. The summed E-state index contributed by atoms with van der Waals surface area (Å²) in [4.78, 5) is 12.8. The summed E-state index contributed by atoms with van der Waals surface area (Å²) in [5.74, 6) is -0.743. The van der Waals surface area contributed by atoms with Gasteiger partial charge in [0.2, 0.25) is 5.91 Å². The average molecular weight is 367 g/mol. The van der Waals surface area contributed by atoms with Crippen molar-refractivity contribution in [1.82, 2.24) is 14.7 Å². The first-order valence-electron chi connectivity index (χ1n) is 7.71. The number of methoxy groups -OCH3 is 1. The molecule has 0 aliphatic carbocycles. The van der Waals surface area contributed by atoms with Crippen LogP contribution in [0.5, 0.6) is 0 Å². The number of aryl methyl sites for hydroxylation is 2. The summed E-state index contributed by atoms with van der Waals surface area (Å²) in [6.07, 6.45) is -4.49. The molecule has 144 valence electrons. The maximum Gasteiger partial charge on any atom is 0.406 e. The van der Waals surface area contributed by atoms with Crippen molar-refractivity contribution in [2.24, 2.45) is 7.05 Å². The topological polar surface area (TPSA) is 65.8 Å². The summed E-state index contributed by atoms with van der Waals surface area (Å²) < 4.78 is 54.7. The Bertz CT molecular complexity index is 535. The van der Waals surface area contributed by atoms with Crippen LogP contribution in [0, 0.1) is 6.92 Å². The van der Waals surface area contributed by atoms with Crippen LogP contribution in [0.15, 0.2) is 6.07 Å². The van der Waals surface area contributed by atoms with Gasteiger partial charge in [0.25, 0.3) is 0 Å². The van der Waals surface area contributed by atoms with Gasteiger partial charge in [-0.1, -0.05) is 0 Å². The third kappa shape index (κ3) is 8.84. The molecule has 1 heterocycles. The lowest BCUT2D eigenvalue weighted by Gasteiger charge is -2.24. The quantitative estimate of drug-likeness (QED) is 0.552. The number of amides is 1. The maximum absolute atomic E-state index is 12.7. The predicted octanol–water partition coefficient (Wildman–Crippen LogP) is 1.30. The van der Waals surface area contributed by atoms with E-state index in [4.69, 9.17) is 14.2 Å². The van der Waals surface area contributed by atoms with Crippen molar-refractivity contribution in [3.63, 3.8) is 0 Å². The molecule has 0 radical (unpaired) electrons. The standard InChI is InChI=1S/C15H24F3N3O4/c1-12-8-13(20(2)19-12)9-21(11-15(16,17)18)14(22)10-25-7-6-24-5-4-23-3/h8H,4-7,9-11H2,1-3H3. The Labute approximate surface area is 144 Å². The number of hydrogen-bond donors (Lipinski definition) is 0. The number of rotatable bonds is 11. The van der Waals surface area contributed by atoms with Crippen molar-refractivity contribution in [3.8, 4) is 0 Å². The Hall–Kier alpha value is -1.65. The number of halogens is 3. The van der Waals surface area contributed by atoms with Crippen LogP contribution < -0.4 is 0 Å². The maximum atomic E-state index is 12.7. The molecule has 0 saturated heterocycles. The van der Waals surface area contributed by atoms with Gasteiger partial charge in [-0.2, -0.15) is 18.3 Å². The van der Waals surface area contributed by atoms with Crippen LogP contribution in [0.25, 0.3) is 0 Å². The normalized spacial score (nSPS) is 11.8. The van der Waals surface area contributed by atoms with Crippen molar-refractivity contribution < 1.29 is 32.2 Å². The lowest BCUT2D eigenvalue weighted by Crippen LogP contribution is -2.41.